The summed E-state index contributed by atoms with van der Waals surface area (Å²) in [5.74, 6) is 0. The SMILES string of the molecule is CC(O)(Cl)Cc1ccccc1Cl. The van der Waals surface area contributed by atoms with Crippen LogP contribution in [-0.2, 0) is 6.42 Å². The molecule has 0 aromatic heterocycles. The van der Waals surface area contributed by atoms with E-state index in [2.05, 4.69) is 0 Å². The fraction of sp³-hybridized carbons (Fsp3) is 0.333. The Labute approximate surface area is 81.9 Å². The van der Waals surface area contributed by atoms with Gasteiger partial charge in [0.2, 0.25) is 0 Å². The summed E-state index contributed by atoms with van der Waals surface area (Å²) in [7, 11) is 0. The van der Waals surface area contributed by atoms with E-state index >= 15 is 0 Å². The van der Waals surface area contributed by atoms with Crippen molar-refractivity contribution >= 4 is 23.2 Å². The maximum atomic E-state index is 9.30. The highest BCUT2D eigenvalue weighted by Crippen LogP contribution is 2.22. The lowest BCUT2D eigenvalue weighted by Crippen LogP contribution is -2.18. The quantitative estimate of drug-likeness (QED) is 0.736. The van der Waals surface area contributed by atoms with Crippen LogP contribution in [-0.4, -0.2) is 10.2 Å². The monoisotopic (exact) mass is 204 g/mol. The first-order chi connectivity index (χ1) is 5.49. The van der Waals surface area contributed by atoms with E-state index in [9.17, 15) is 5.11 Å². The zero-order valence-electron chi connectivity index (χ0n) is 6.72. The summed E-state index contributed by atoms with van der Waals surface area (Å²) in [6.45, 7) is 1.54. The van der Waals surface area contributed by atoms with E-state index in [0.717, 1.165) is 5.56 Å². The van der Waals surface area contributed by atoms with Crippen LogP contribution in [0.25, 0.3) is 0 Å². The van der Waals surface area contributed by atoms with Crippen LogP contribution in [0.3, 0.4) is 0 Å². The average molecular weight is 205 g/mol. The number of halogens is 2. The van der Waals surface area contributed by atoms with Gasteiger partial charge in [0.1, 0.15) is 5.06 Å². The molecule has 1 atom stereocenters. The van der Waals surface area contributed by atoms with Gasteiger partial charge in [-0.25, -0.2) is 0 Å². The molecule has 0 aliphatic heterocycles. The van der Waals surface area contributed by atoms with Crippen LogP contribution in [0.5, 0.6) is 0 Å². The van der Waals surface area contributed by atoms with Gasteiger partial charge in [-0.15, -0.1) is 0 Å². The molecule has 1 unspecified atom stereocenters. The molecule has 1 N–H and O–H groups in total. The first-order valence-electron chi connectivity index (χ1n) is 3.64. The lowest BCUT2D eigenvalue weighted by Gasteiger charge is -2.14. The van der Waals surface area contributed by atoms with Gasteiger partial charge in [-0.1, -0.05) is 41.4 Å². The van der Waals surface area contributed by atoms with Crippen molar-refractivity contribution in [2.24, 2.45) is 0 Å². The fourth-order valence-electron chi connectivity index (χ4n) is 0.989. The molecule has 0 amide bonds. The van der Waals surface area contributed by atoms with E-state index in [0.29, 0.717) is 11.4 Å². The fourth-order valence-corrected chi connectivity index (χ4v) is 1.34. The van der Waals surface area contributed by atoms with Gasteiger partial charge in [0, 0.05) is 11.4 Å². The molecule has 66 valence electrons. The second kappa shape index (κ2) is 3.65. The number of benzene rings is 1. The molecule has 0 fully saturated rings. The molecule has 1 nitrogen and oxygen atoms in total. The maximum Gasteiger partial charge on any atom is 0.139 e. The first kappa shape index (κ1) is 9.85. The minimum absolute atomic E-state index is 0.355. The molecule has 0 aliphatic rings. The highest BCUT2D eigenvalue weighted by Gasteiger charge is 2.17. The highest BCUT2D eigenvalue weighted by atomic mass is 35.5. The number of alkyl halides is 1. The lowest BCUT2D eigenvalue weighted by atomic mass is 10.1. The third-order valence-electron chi connectivity index (χ3n) is 1.47. The van der Waals surface area contributed by atoms with Crippen molar-refractivity contribution in [2.45, 2.75) is 18.4 Å². The van der Waals surface area contributed by atoms with Crippen molar-refractivity contribution in [3.63, 3.8) is 0 Å². The van der Waals surface area contributed by atoms with Crippen molar-refractivity contribution in [1.29, 1.82) is 0 Å². The molecule has 0 saturated carbocycles. The number of rotatable bonds is 2. The van der Waals surface area contributed by atoms with E-state index in [1.807, 2.05) is 18.2 Å². The largest absolute Gasteiger partial charge is 0.375 e. The Morgan fingerprint density at radius 2 is 2.00 bits per heavy atom. The second-order valence-corrected chi connectivity index (χ2v) is 4.13. The third kappa shape index (κ3) is 3.02. The predicted octanol–water partition coefficient (Wildman–Crippen LogP) is 2.83. The minimum Gasteiger partial charge on any atom is -0.375 e. The summed E-state index contributed by atoms with van der Waals surface area (Å²) in [6.07, 6.45) is 0.355. The van der Waals surface area contributed by atoms with Gasteiger partial charge < -0.3 is 5.11 Å². The van der Waals surface area contributed by atoms with E-state index in [-0.39, 0.29) is 0 Å². The van der Waals surface area contributed by atoms with Crippen molar-refractivity contribution in [2.75, 3.05) is 0 Å². The topological polar surface area (TPSA) is 20.2 Å². The highest BCUT2D eigenvalue weighted by molar-refractivity contribution is 6.31. The Kier molecular flexibility index (Phi) is 2.99. The van der Waals surface area contributed by atoms with Crippen molar-refractivity contribution in [1.82, 2.24) is 0 Å². The molecule has 0 aliphatic carbocycles. The Morgan fingerprint density at radius 3 is 2.50 bits per heavy atom. The van der Waals surface area contributed by atoms with E-state index in [4.69, 9.17) is 23.2 Å². The Hall–Kier alpha value is -0.240. The smallest absolute Gasteiger partial charge is 0.139 e. The molecule has 0 bridgehead atoms. The standard InChI is InChI=1S/C9H10Cl2O/c1-9(11,12)6-7-4-2-3-5-8(7)10/h2-5,12H,6H2,1H3. The summed E-state index contributed by atoms with van der Waals surface area (Å²) < 4.78 is 0. The molecule has 0 heterocycles. The summed E-state index contributed by atoms with van der Waals surface area (Å²) >= 11 is 11.5. The van der Waals surface area contributed by atoms with Gasteiger partial charge in [-0.05, 0) is 18.6 Å². The zero-order valence-corrected chi connectivity index (χ0v) is 8.23. The second-order valence-electron chi connectivity index (χ2n) is 2.91. The number of hydrogen-bond acceptors (Lipinski definition) is 1. The molecule has 0 radical (unpaired) electrons. The van der Waals surface area contributed by atoms with Crippen molar-refractivity contribution in [3.05, 3.63) is 34.9 Å². The summed E-state index contributed by atoms with van der Waals surface area (Å²) in [5, 5.41) is 8.72. The Bertz CT molecular complexity index is 265. The first-order valence-corrected chi connectivity index (χ1v) is 4.39. The number of hydrogen-bond donors (Lipinski definition) is 1. The maximum absolute atomic E-state index is 9.30. The van der Waals surface area contributed by atoms with E-state index < -0.39 is 5.06 Å². The van der Waals surface area contributed by atoms with Gasteiger partial charge in [0.05, 0.1) is 0 Å². The Morgan fingerprint density at radius 1 is 1.42 bits per heavy atom. The molecule has 1 aromatic carbocycles. The molecule has 1 rings (SSSR count). The van der Waals surface area contributed by atoms with Crippen LogP contribution in [0.15, 0.2) is 24.3 Å². The van der Waals surface area contributed by atoms with Crippen LogP contribution >= 0.6 is 23.2 Å². The van der Waals surface area contributed by atoms with Gasteiger partial charge in [0.25, 0.3) is 0 Å². The van der Waals surface area contributed by atoms with Gasteiger partial charge in [0.15, 0.2) is 0 Å². The van der Waals surface area contributed by atoms with Gasteiger partial charge in [-0.2, -0.15) is 0 Å². The van der Waals surface area contributed by atoms with Gasteiger partial charge in [-0.3, -0.25) is 0 Å². The normalized spacial score (nSPS) is 15.7. The van der Waals surface area contributed by atoms with Crippen LogP contribution in [0.4, 0.5) is 0 Å². The molecular weight excluding hydrogens is 195 g/mol. The molecule has 0 saturated heterocycles. The van der Waals surface area contributed by atoms with Crippen LogP contribution in [0.2, 0.25) is 5.02 Å². The summed E-state index contributed by atoms with van der Waals surface area (Å²) in [5.41, 5.74) is 0.860. The Balaban J connectivity index is 2.83. The van der Waals surface area contributed by atoms with E-state index in [1.54, 1.807) is 6.07 Å². The molecule has 1 aromatic rings. The number of aliphatic hydroxyl groups is 1. The van der Waals surface area contributed by atoms with Crippen molar-refractivity contribution < 1.29 is 5.11 Å². The minimum atomic E-state index is -1.22. The average Bonchev–Trinajstić information content (AvgIpc) is 1.91. The van der Waals surface area contributed by atoms with Crippen LogP contribution in [0, 0.1) is 0 Å². The third-order valence-corrected chi connectivity index (χ3v) is 1.97. The summed E-state index contributed by atoms with van der Waals surface area (Å²) in [4.78, 5) is 0. The van der Waals surface area contributed by atoms with E-state index in [1.165, 1.54) is 6.92 Å². The molecule has 3 heteroatoms. The molecule has 0 spiro atoms. The summed E-state index contributed by atoms with van der Waals surface area (Å²) in [6, 6.07) is 7.33. The molecule has 12 heavy (non-hydrogen) atoms. The predicted molar refractivity (Wildman–Crippen MR) is 51.6 cm³/mol. The van der Waals surface area contributed by atoms with Gasteiger partial charge >= 0.3 is 0 Å². The zero-order chi connectivity index (χ0) is 9.19. The van der Waals surface area contributed by atoms with Crippen LogP contribution < -0.4 is 0 Å². The van der Waals surface area contributed by atoms with Crippen molar-refractivity contribution in [3.8, 4) is 0 Å². The molecular formula is C9H10Cl2O. The lowest BCUT2D eigenvalue weighted by molar-refractivity contribution is 0.150. The van der Waals surface area contributed by atoms with Crippen LogP contribution in [0.1, 0.15) is 12.5 Å².